The predicted molar refractivity (Wildman–Crippen MR) is 99.0 cm³/mol. The Hall–Kier alpha value is -1.36. The van der Waals surface area contributed by atoms with Gasteiger partial charge in [0.25, 0.3) is 0 Å². The molecule has 0 aliphatic carbocycles. The Kier molecular flexibility index (Phi) is 8.92. The van der Waals surface area contributed by atoms with Gasteiger partial charge in [-0.05, 0) is 36.5 Å². The normalized spacial score (nSPS) is 13.2. The highest BCUT2D eigenvalue weighted by Gasteiger charge is 2.13. The van der Waals surface area contributed by atoms with Crippen molar-refractivity contribution in [2.75, 3.05) is 11.9 Å². The van der Waals surface area contributed by atoms with Crippen LogP contribution in [0.25, 0.3) is 0 Å². The number of nitrogens with one attached hydrogen (secondary N) is 2. The molecule has 23 heavy (non-hydrogen) atoms. The molecule has 2 atom stereocenters. The van der Waals surface area contributed by atoms with Crippen LogP contribution in [0.1, 0.15) is 57.9 Å². The van der Waals surface area contributed by atoms with E-state index in [1.54, 1.807) is 0 Å². The van der Waals surface area contributed by atoms with Gasteiger partial charge < -0.3 is 10.6 Å². The lowest BCUT2D eigenvalue weighted by Crippen LogP contribution is -2.33. The van der Waals surface area contributed by atoms with Gasteiger partial charge in [-0.3, -0.25) is 9.59 Å². The molecule has 2 N–H and O–H groups in total. The van der Waals surface area contributed by atoms with Crippen LogP contribution in [0.4, 0.5) is 5.69 Å². The quantitative estimate of drug-likeness (QED) is 0.628. The molecule has 0 saturated heterocycles. The van der Waals surface area contributed by atoms with Crippen LogP contribution in [0.15, 0.2) is 24.3 Å². The van der Waals surface area contributed by atoms with E-state index in [2.05, 4.69) is 40.4 Å². The van der Waals surface area contributed by atoms with Crippen LogP contribution < -0.4 is 10.6 Å². The van der Waals surface area contributed by atoms with Crippen LogP contribution >= 0.6 is 15.9 Å². The largest absolute Gasteiger partial charge is 0.355 e. The Morgan fingerprint density at radius 1 is 1.17 bits per heavy atom. The zero-order valence-corrected chi connectivity index (χ0v) is 15.8. The molecule has 0 saturated carbocycles. The highest BCUT2D eigenvalue weighted by molar-refractivity contribution is 9.10. The molecule has 2 amide bonds. The molecule has 4 nitrogen and oxygen atoms in total. The number of benzene rings is 1. The van der Waals surface area contributed by atoms with E-state index in [4.69, 9.17) is 0 Å². The van der Waals surface area contributed by atoms with E-state index in [-0.39, 0.29) is 23.1 Å². The second-order valence-corrected chi connectivity index (χ2v) is 6.88. The fourth-order valence-electron chi connectivity index (χ4n) is 2.15. The summed E-state index contributed by atoms with van der Waals surface area (Å²) in [5.74, 6) is 0.371. The number of carbonyl (C=O) groups is 2. The molecule has 0 aliphatic rings. The molecule has 1 rings (SSSR count). The number of carbonyl (C=O) groups excluding carboxylic acids is 2. The Morgan fingerprint density at radius 3 is 2.39 bits per heavy atom. The summed E-state index contributed by atoms with van der Waals surface area (Å²) in [4.78, 5) is 23.4. The Morgan fingerprint density at radius 2 is 1.83 bits per heavy atom. The molecule has 0 spiro atoms. The van der Waals surface area contributed by atoms with Crippen molar-refractivity contribution >= 4 is 33.4 Å². The fraction of sp³-hybridized carbons (Fsp3) is 0.556. The van der Waals surface area contributed by atoms with E-state index in [1.807, 2.05) is 31.2 Å². The van der Waals surface area contributed by atoms with E-state index in [0.717, 1.165) is 24.9 Å². The van der Waals surface area contributed by atoms with Gasteiger partial charge >= 0.3 is 0 Å². The minimum atomic E-state index is -0.177. The minimum absolute atomic E-state index is 0.0578. The zero-order chi connectivity index (χ0) is 17.2. The maximum Gasteiger partial charge on any atom is 0.233 e. The highest BCUT2D eigenvalue weighted by Crippen LogP contribution is 2.20. The second-order valence-electron chi connectivity index (χ2n) is 5.78. The van der Waals surface area contributed by atoms with Crippen molar-refractivity contribution in [1.29, 1.82) is 0 Å². The molecule has 1 aromatic rings. The van der Waals surface area contributed by atoms with Crippen LogP contribution in [-0.4, -0.2) is 23.2 Å². The number of anilines is 1. The molecule has 0 unspecified atom stereocenters. The molecule has 1 aromatic carbocycles. The molecule has 0 fully saturated rings. The molecular formula is C18H27BrN2O2. The lowest BCUT2D eigenvalue weighted by molar-refractivity contribution is -0.120. The summed E-state index contributed by atoms with van der Waals surface area (Å²) in [6, 6.07) is 7.94. The maximum atomic E-state index is 11.9. The van der Waals surface area contributed by atoms with Crippen molar-refractivity contribution in [2.45, 2.75) is 57.2 Å². The summed E-state index contributed by atoms with van der Waals surface area (Å²) in [5, 5.41) is 5.62. The van der Waals surface area contributed by atoms with Crippen molar-refractivity contribution in [2.24, 2.45) is 0 Å². The van der Waals surface area contributed by atoms with Crippen molar-refractivity contribution in [3.05, 3.63) is 29.8 Å². The minimum Gasteiger partial charge on any atom is -0.355 e. The summed E-state index contributed by atoms with van der Waals surface area (Å²) in [6.45, 7) is 6.72. The van der Waals surface area contributed by atoms with E-state index in [1.165, 1.54) is 5.56 Å². The van der Waals surface area contributed by atoms with Crippen LogP contribution in [0.3, 0.4) is 0 Å². The molecule has 0 heterocycles. The Labute approximate surface area is 147 Å². The number of amides is 2. The van der Waals surface area contributed by atoms with Gasteiger partial charge in [-0.25, -0.2) is 0 Å². The van der Waals surface area contributed by atoms with E-state index < -0.39 is 0 Å². The number of hydrogen-bond donors (Lipinski definition) is 2. The zero-order valence-electron chi connectivity index (χ0n) is 14.2. The van der Waals surface area contributed by atoms with E-state index >= 15 is 0 Å². The predicted octanol–water partition coefficient (Wildman–Crippen LogP) is 4.21. The molecule has 128 valence electrons. The van der Waals surface area contributed by atoms with Gasteiger partial charge in [0.15, 0.2) is 0 Å². The smallest absolute Gasteiger partial charge is 0.233 e. The second kappa shape index (κ2) is 10.4. The van der Waals surface area contributed by atoms with Gasteiger partial charge in [0.1, 0.15) is 0 Å². The Bertz CT molecular complexity index is 502. The number of hydrogen-bond acceptors (Lipinski definition) is 2. The standard InChI is InChI=1S/C18H27BrN2O2/c1-4-6-16(19)18(23)20-12-11-17(22)21-15-9-7-14(8-10-15)13(3)5-2/h7-10,13,16H,4-6,11-12H2,1-3H3,(H,20,23)(H,21,22)/t13-,16-/m1/s1. The number of halogens is 1. The molecule has 0 aliphatic heterocycles. The van der Waals surface area contributed by atoms with Gasteiger partial charge in [0, 0.05) is 18.7 Å². The first-order chi connectivity index (χ1) is 11.0. The topological polar surface area (TPSA) is 58.2 Å². The van der Waals surface area contributed by atoms with Crippen LogP contribution in [0.5, 0.6) is 0 Å². The monoisotopic (exact) mass is 382 g/mol. The third-order valence-electron chi connectivity index (χ3n) is 3.85. The third-order valence-corrected chi connectivity index (χ3v) is 4.73. The molecule has 0 bridgehead atoms. The van der Waals surface area contributed by atoms with Gasteiger partial charge in [-0.15, -0.1) is 0 Å². The number of rotatable bonds is 9. The summed E-state index contributed by atoms with van der Waals surface area (Å²) < 4.78 is 0. The van der Waals surface area contributed by atoms with Crippen LogP contribution in [0, 0.1) is 0 Å². The molecule has 0 aromatic heterocycles. The maximum absolute atomic E-state index is 11.9. The van der Waals surface area contributed by atoms with Gasteiger partial charge in [-0.1, -0.05) is 55.3 Å². The van der Waals surface area contributed by atoms with Crippen molar-refractivity contribution in [3.8, 4) is 0 Å². The highest BCUT2D eigenvalue weighted by atomic mass is 79.9. The third kappa shape index (κ3) is 7.16. The lowest BCUT2D eigenvalue weighted by Gasteiger charge is -2.11. The van der Waals surface area contributed by atoms with Crippen molar-refractivity contribution < 1.29 is 9.59 Å². The average Bonchev–Trinajstić information content (AvgIpc) is 2.54. The Balaban J connectivity index is 2.35. The fourth-order valence-corrected chi connectivity index (χ4v) is 2.77. The first-order valence-corrected chi connectivity index (χ1v) is 9.21. The summed E-state index contributed by atoms with van der Waals surface area (Å²) in [7, 11) is 0. The summed E-state index contributed by atoms with van der Waals surface area (Å²) >= 11 is 3.34. The molecule has 5 heteroatoms. The van der Waals surface area contributed by atoms with Crippen LogP contribution in [-0.2, 0) is 9.59 Å². The van der Waals surface area contributed by atoms with Crippen LogP contribution in [0.2, 0.25) is 0 Å². The van der Waals surface area contributed by atoms with E-state index in [9.17, 15) is 9.59 Å². The van der Waals surface area contributed by atoms with Crippen molar-refractivity contribution in [1.82, 2.24) is 5.32 Å². The van der Waals surface area contributed by atoms with Crippen molar-refractivity contribution in [3.63, 3.8) is 0 Å². The van der Waals surface area contributed by atoms with E-state index in [0.29, 0.717) is 12.5 Å². The molecule has 0 radical (unpaired) electrons. The van der Waals surface area contributed by atoms with Gasteiger partial charge in [0.05, 0.1) is 4.83 Å². The summed E-state index contributed by atoms with van der Waals surface area (Å²) in [5.41, 5.74) is 2.06. The first kappa shape index (κ1) is 19.7. The van der Waals surface area contributed by atoms with Gasteiger partial charge in [0.2, 0.25) is 11.8 Å². The van der Waals surface area contributed by atoms with Gasteiger partial charge in [-0.2, -0.15) is 0 Å². The average molecular weight is 383 g/mol. The number of alkyl halides is 1. The summed E-state index contributed by atoms with van der Waals surface area (Å²) in [6.07, 6.45) is 3.10. The SMILES string of the molecule is CCC[C@@H](Br)C(=O)NCCC(=O)Nc1ccc([C@H](C)CC)cc1. The first-order valence-electron chi connectivity index (χ1n) is 8.29. The molecular weight excluding hydrogens is 356 g/mol. The lowest BCUT2D eigenvalue weighted by atomic mass is 9.99.